The van der Waals surface area contributed by atoms with Crippen molar-refractivity contribution in [1.82, 2.24) is 10.3 Å². The van der Waals surface area contributed by atoms with Gasteiger partial charge in [-0.3, -0.25) is 15.1 Å². The Morgan fingerprint density at radius 2 is 1.58 bits per heavy atom. The molecule has 0 bridgehead atoms. The molecular weight excluding hydrogens is 641 g/mol. The van der Waals surface area contributed by atoms with Gasteiger partial charge in [0, 0.05) is 27.9 Å². The second-order valence-corrected chi connectivity index (χ2v) is 12.6. The number of ether oxygens (including phenoxy) is 2. The highest BCUT2D eigenvalue weighted by Gasteiger charge is 2.61. The van der Waals surface area contributed by atoms with Crippen LogP contribution in [0.1, 0.15) is 63.5 Å². The number of benzene rings is 4. The monoisotopic (exact) mass is 670 g/mol. The number of methoxy groups -OCH3 is 1. The van der Waals surface area contributed by atoms with E-state index in [1.165, 1.54) is 48.5 Å². The molecule has 5 aromatic rings. The van der Waals surface area contributed by atoms with Crippen molar-refractivity contribution in [3.63, 3.8) is 0 Å². The number of nitrogens with one attached hydrogen (secondary N) is 1. The van der Waals surface area contributed by atoms with Crippen molar-refractivity contribution < 1.29 is 32.2 Å². The molecule has 2 aliphatic rings. The smallest absolute Gasteiger partial charge is 0.338 e. The summed E-state index contributed by atoms with van der Waals surface area (Å²) in [5, 5.41) is 4.03. The van der Waals surface area contributed by atoms with Crippen molar-refractivity contribution in [3.8, 4) is 11.1 Å². The molecule has 2 heterocycles. The standard InChI is InChI=1S/C38H30ClF3N2O4/c1-47-37(46)35-38(41,42)32(22-12-16-26(39)17-13-22)34(44-35)24-8-10-25(11-9-24)36(45)48-20-29-31(21-14-18-27(40)19-15-21)28-4-2-3-5-30(28)43-33(29)23-6-7-23/h2-5,8-19,23,32,34-35,44H,6-7,20H2,1H3/t32-,34-,35+/m0/s1. The summed E-state index contributed by atoms with van der Waals surface area (Å²) in [5.74, 6) is -6.70. The minimum absolute atomic E-state index is 0.0627. The van der Waals surface area contributed by atoms with Gasteiger partial charge in [0.1, 0.15) is 12.4 Å². The molecule has 1 aliphatic heterocycles. The van der Waals surface area contributed by atoms with E-state index in [0.717, 1.165) is 53.2 Å². The first-order valence-corrected chi connectivity index (χ1v) is 15.9. The quantitative estimate of drug-likeness (QED) is 0.167. The van der Waals surface area contributed by atoms with Gasteiger partial charge in [-0.1, -0.05) is 66.2 Å². The van der Waals surface area contributed by atoms with Crippen LogP contribution in [0.25, 0.3) is 22.0 Å². The van der Waals surface area contributed by atoms with Crippen LogP contribution in [-0.4, -0.2) is 36.0 Å². The zero-order valence-corrected chi connectivity index (χ0v) is 26.5. The van der Waals surface area contributed by atoms with Crippen LogP contribution in [0.5, 0.6) is 0 Å². The molecule has 0 spiro atoms. The summed E-state index contributed by atoms with van der Waals surface area (Å²) in [6.45, 7) is -0.0627. The molecule has 244 valence electrons. The van der Waals surface area contributed by atoms with E-state index in [1.807, 2.05) is 24.3 Å². The van der Waals surface area contributed by atoms with Crippen molar-refractivity contribution in [3.05, 3.63) is 136 Å². The topological polar surface area (TPSA) is 77.5 Å². The predicted molar refractivity (Wildman–Crippen MR) is 175 cm³/mol. The lowest BCUT2D eigenvalue weighted by Gasteiger charge is -2.25. The van der Waals surface area contributed by atoms with Gasteiger partial charge in [0.15, 0.2) is 6.04 Å². The largest absolute Gasteiger partial charge is 0.468 e. The molecule has 0 radical (unpaired) electrons. The van der Waals surface area contributed by atoms with Gasteiger partial charge in [0.2, 0.25) is 0 Å². The van der Waals surface area contributed by atoms with Crippen LogP contribution >= 0.6 is 11.6 Å². The number of aromatic nitrogens is 1. The molecule has 1 N–H and O–H groups in total. The normalized spacial score (nSPS) is 20.1. The van der Waals surface area contributed by atoms with Gasteiger partial charge in [0.05, 0.1) is 29.8 Å². The van der Waals surface area contributed by atoms with Crippen LogP contribution in [0.15, 0.2) is 97.1 Å². The molecule has 4 aromatic carbocycles. The van der Waals surface area contributed by atoms with Crippen LogP contribution in [0.2, 0.25) is 5.02 Å². The number of alkyl halides is 2. The lowest BCUT2D eigenvalue weighted by Crippen LogP contribution is -2.44. The molecule has 1 saturated carbocycles. The van der Waals surface area contributed by atoms with E-state index in [4.69, 9.17) is 21.3 Å². The Morgan fingerprint density at radius 1 is 0.917 bits per heavy atom. The molecule has 0 amide bonds. The number of halogens is 4. The molecular formula is C38H30ClF3N2O4. The van der Waals surface area contributed by atoms with Gasteiger partial charge in [-0.2, -0.15) is 0 Å². The van der Waals surface area contributed by atoms with Gasteiger partial charge >= 0.3 is 11.9 Å². The highest BCUT2D eigenvalue weighted by molar-refractivity contribution is 6.30. The fourth-order valence-electron chi connectivity index (χ4n) is 6.61. The van der Waals surface area contributed by atoms with Gasteiger partial charge in [-0.05, 0) is 77.6 Å². The van der Waals surface area contributed by atoms with Gasteiger partial charge in [0.25, 0.3) is 5.92 Å². The van der Waals surface area contributed by atoms with Crippen LogP contribution < -0.4 is 5.32 Å². The molecule has 0 unspecified atom stereocenters. The Balaban J connectivity index is 1.18. The van der Waals surface area contributed by atoms with Gasteiger partial charge < -0.3 is 9.47 Å². The number of carbonyl (C=O) groups is 2. The fourth-order valence-corrected chi connectivity index (χ4v) is 6.74. The number of carbonyl (C=O) groups excluding carboxylic acids is 2. The molecule has 7 rings (SSSR count). The van der Waals surface area contributed by atoms with Crippen molar-refractivity contribution in [2.24, 2.45) is 0 Å². The zero-order chi connectivity index (χ0) is 33.6. The van der Waals surface area contributed by atoms with Crippen molar-refractivity contribution >= 4 is 34.4 Å². The number of hydrogen-bond donors (Lipinski definition) is 1. The van der Waals surface area contributed by atoms with Crippen LogP contribution in [-0.2, 0) is 20.9 Å². The number of para-hydroxylation sites is 1. The molecule has 3 atom stereocenters. The third-order valence-corrected chi connectivity index (χ3v) is 9.37. The van der Waals surface area contributed by atoms with Crippen molar-refractivity contribution in [2.75, 3.05) is 7.11 Å². The number of rotatable bonds is 8. The molecule has 48 heavy (non-hydrogen) atoms. The van der Waals surface area contributed by atoms with Crippen molar-refractivity contribution in [2.45, 2.75) is 49.3 Å². The SMILES string of the molecule is COC(=O)[C@H]1N[C@@H](c2ccc(C(=O)OCc3c(C4CC4)nc4ccccc4c3-c3ccc(F)cc3)cc2)[C@H](c2ccc(Cl)cc2)C1(F)F. The third kappa shape index (κ3) is 5.93. The van der Waals surface area contributed by atoms with Crippen LogP contribution in [0.3, 0.4) is 0 Å². The predicted octanol–water partition coefficient (Wildman–Crippen LogP) is 8.53. The summed E-state index contributed by atoms with van der Waals surface area (Å²) in [4.78, 5) is 30.7. The maximum absolute atomic E-state index is 15.8. The van der Waals surface area contributed by atoms with Gasteiger partial charge in [-0.15, -0.1) is 0 Å². The Kier molecular flexibility index (Phi) is 8.43. The number of hydrogen-bond acceptors (Lipinski definition) is 6. The minimum atomic E-state index is -3.49. The number of esters is 2. The maximum Gasteiger partial charge on any atom is 0.338 e. The molecule has 1 aliphatic carbocycles. The highest BCUT2D eigenvalue weighted by Crippen LogP contribution is 2.51. The minimum Gasteiger partial charge on any atom is -0.468 e. The summed E-state index contributed by atoms with van der Waals surface area (Å²) < 4.78 is 56.0. The molecule has 10 heteroatoms. The van der Waals surface area contributed by atoms with Crippen LogP contribution in [0.4, 0.5) is 13.2 Å². The fraction of sp³-hybridized carbons (Fsp3) is 0.237. The zero-order valence-electron chi connectivity index (χ0n) is 25.8. The van der Waals surface area contributed by atoms with E-state index in [2.05, 4.69) is 10.1 Å². The summed E-state index contributed by atoms with van der Waals surface area (Å²) in [6.07, 6.45) is 1.94. The maximum atomic E-state index is 15.8. The summed E-state index contributed by atoms with van der Waals surface area (Å²) in [6, 6.07) is 23.3. The first-order valence-electron chi connectivity index (χ1n) is 15.6. The average Bonchev–Trinajstić information content (AvgIpc) is 3.90. The second-order valence-electron chi connectivity index (χ2n) is 12.2. The van der Waals surface area contributed by atoms with Crippen LogP contribution in [0, 0.1) is 5.82 Å². The highest BCUT2D eigenvalue weighted by atomic mass is 35.5. The summed E-state index contributed by atoms with van der Waals surface area (Å²) in [5.41, 5.74) is 5.03. The Bertz CT molecular complexity index is 2000. The Hall–Kier alpha value is -4.73. The second kappa shape index (κ2) is 12.7. The molecule has 2 fully saturated rings. The number of nitrogens with zero attached hydrogens (tertiary/aromatic N) is 1. The Morgan fingerprint density at radius 3 is 2.25 bits per heavy atom. The number of pyridine rings is 1. The summed E-state index contributed by atoms with van der Waals surface area (Å²) >= 11 is 6.02. The van der Waals surface area contributed by atoms with E-state index in [-0.39, 0.29) is 23.9 Å². The lowest BCUT2D eigenvalue weighted by atomic mass is 9.84. The lowest BCUT2D eigenvalue weighted by molar-refractivity contribution is -0.151. The third-order valence-electron chi connectivity index (χ3n) is 9.12. The molecule has 1 aromatic heterocycles. The first-order chi connectivity index (χ1) is 23.2. The van der Waals surface area contributed by atoms with E-state index in [0.29, 0.717) is 16.1 Å². The van der Waals surface area contributed by atoms with Crippen molar-refractivity contribution in [1.29, 1.82) is 0 Å². The summed E-state index contributed by atoms with van der Waals surface area (Å²) in [7, 11) is 1.06. The molecule has 1 saturated heterocycles. The van der Waals surface area contributed by atoms with Gasteiger partial charge in [-0.25, -0.2) is 18.0 Å². The average molecular weight is 671 g/mol. The number of fused-ring (bicyclic) bond motifs is 1. The molecule has 6 nitrogen and oxygen atoms in total. The van der Waals surface area contributed by atoms with E-state index < -0.39 is 35.9 Å². The van der Waals surface area contributed by atoms with E-state index in [1.54, 1.807) is 24.3 Å². The first kappa shape index (κ1) is 31.8. The van der Waals surface area contributed by atoms with E-state index >= 15 is 8.78 Å². The Labute approximate surface area is 279 Å². The van der Waals surface area contributed by atoms with E-state index in [9.17, 15) is 14.0 Å².